The third kappa shape index (κ3) is 9.84. The van der Waals surface area contributed by atoms with Gasteiger partial charge in [-0.3, -0.25) is 14.7 Å². The van der Waals surface area contributed by atoms with Crippen molar-refractivity contribution in [2.75, 3.05) is 19.0 Å². The van der Waals surface area contributed by atoms with Crippen LogP contribution in [0.4, 0.5) is 5.69 Å². The molecule has 260 valence electrons. The lowest BCUT2D eigenvalue weighted by molar-refractivity contribution is -0.152. The van der Waals surface area contributed by atoms with Gasteiger partial charge >= 0.3 is 5.97 Å². The van der Waals surface area contributed by atoms with E-state index >= 15 is 0 Å². The minimum absolute atomic E-state index is 0.00494. The number of aromatic nitrogens is 4. The molecule has 10 heteroatoms. The first-order chi connectivity index (χ1) is 22.8. The summed E-state index contributed by atoms with van der Waals surface area (Å²) in [6.45, 7) is 15.1. The first-order valence-electron chi connectivity index (χ1n) is 17.1. The number of rotatable bonds is 17. The molecule has 0 aliphatic heterocycles. The third-order valence-electron chi connectivity index (χ3n) is 8.99. The number of hydrogen-bond donors (Lipinski definition) is 2. The van der Waals surface area contributed by atoms with Gasteiger partial charge in [-0.05, 0) is 88.3 Å². The molecule has 2 N–H and O–H groups in total. The SMILES string of the molecule is CCC(C)(CCC(C)CCCC(=O)Nc1ccc(OCCCc2nc3c(Oc4ccc(C)cc4)c(C(C)(C)C)[nH]n3n2)cc1)C(=O)OC. The predicted molar refractivity (Wildman–Crippen MR) is 189 cm³/mol. The Bertz CT molecular complexity index is 1630. The van der Waals surface area contributed by atoms with Crippen molar-refractivity contribution >= 4 is 23.2 Å². The summed E-state index contributed by atoms with van der Waals surface area (Å²) in [5, 5.41) is 11.0. The van der Waals surface area contributed by atoms with Crippen molar-refractivity contribution in [1.29, 1.82) is 0 Å². The summed E-state index contributed by atoms with van der Waals surface area (Å²) < 4.78 is 19.0. The molecule has 2 aromatic carbocycles. The number of carbonyl (C=O) groups is 2. The van der Waals surface area contributed by atoms with E-state index in [1.807, 2.05) is 69.3 Å². The van der Waals surface area contributed by atoms with Crippen molar-refractivity contribution in [2.45, 2.75) is 105 Å². The summed E-state index contributed by atoms with van der Waals surface area (Å²) >= 11 is 0. The number of carbonyl (C=O) groups excluding carboxylic acids is 2. The lowest BCUT2D eigenvalue weighted by Gasteiger charge is -2.26. The quantitative estimate of drug-likeness (QED) is 0.0861. The van der Waals surface area contributed by atoms with Crippen molar-refractivity contribution < 1.29 is 23.8 Å². The molecule has 2 atom stereocenters. The second kappa shape index (κ2) is 16.2. The highest BCUT2D eigenvalue weighted by Gasteiger charge is 2.32. The van der Waals surface area contributed by atoms with Crippen LogP contribution in [0, 0.1) is 18.3 Å². The Labute approximate surface area is 284 Å². The molecule has 0 saturated carbocycles. The van der Waals surface area contributed by atoms with Gasteiger partial charge in [-0.2, -0.15) is 0 Å². The van der Waals surface area contributed by atoms with Crippen molar-refractivity contribution in [3.63, 3.8) is 0 Å². The molecule has 2 heterocycles. The molecular weight excluding hydrogens is 606 g/mol. The number of hydrogen-bond acceptors (Lipinski definition) is 7. The molecule has 0 aliphatic rings. The highest BCUT2D eigenvalue weighted by atomic mass is 16.5. The summed E-state index contributed by atoms with van der Waals surface area (Å²) in [4.78, 5) is 29.4. The Hall–Kier alpha value is -4.34. The van der Waals surface area contributed by atoms with E-state index in [9.17, 15) is 9.59 Å². The number of aryl methyl sites for hydroxylation is 2. The normalized spacial score (nSPS) is 13.6. The maximum absolute atomic E-state index is 12.5. The second-order valence-corrected chi connectivity index (χ2v) is 14.2. The molecule has 0 saturated heterocycles. The number of aromatic amines is 1. The Balaban J connectivity index is 1.20. The summed E-state index contributed by atoms with van der Waals surface area (Å²) in [6, 6.07) is 15.4. The van der Waals surface area contributed by atoms with E-state index in [0.717, 1.165) is 61.4 Å². The molecule has 0 radical (unpaired) electrons. The first kappa shape index (κ1) is 36.5. The smallest absolute Gasteiger partial charge is 0.311 e. The van der Waals surface area contributed by atoms with Gasteiger partial charge in [0.05, 0.1) is 24.8 Å². The van der Waals surface area contributed by atoms with Gasteiger partial charge in [0.1, 0.15) is 11.5 Å². The number of anilines is 1. The van der Waals surface area contributed by atoms with E-state index in [4.69, 9.17) is 19.2 Å². The zero-order valence-corrected chi connectivity index (χ0v) is 29.9. The lowest BCUT2D eigenvalue weighted by atomic mass is 9.80. The van der Waals surface area contributed by atoms with E-state index < -0.39 is 5.41 Å². The molecular formula is C38H53N5O5. The summed E-state index contributed by atoms with van der Waals surface area (Å²) in [6.07, 6.45) is 6.06. The molecule has 4 rings (SSSR count). The fraction of sp³-hybridized carbons (Fsp3) is 0.526. The van der Waals surface area contributed by atoms with E-state index in [0.29, 0.717) is 42.6 Å². The van der Waals surface area contributed by atoms with Crippen LogP contribution in [0.15, 0.2) is 48.5 Å². The highest BCUT2D eigenvalue weighted by molar-refractivity contribution is 5.90. The number of nitrogens with one attached hydrogen (secondary N) is 2. The average molecular weight is 660 g/mol. The van der Waals surface area contributed by atoms with Gasteiger partial charge in [0.15, 0.2) is 11.6 Å². The zero-order chi connectivity index (χ0) is 34.9. The molecule has 10 nitrogen and oxygen atoms in total. The maximum atomic E-state index is 12.5. The highest BCUT2D eigenvalue weighted by Crippen LogP contribution is 2.36. The summed E-state index contributed by atoms with van der Waals surface area (Å²) in [5.41, 5.74) is 2.89. The minimum atomic E-state index is -0.442. The van der Waals surface area contributed by atoms with Crippen molar-refractivity contribution in [3.05, 3.63) is 65.6 Å². The Morgan fingerprint density at radius 2 is 1.67 bits per heavy atom. The van der Waals surface area contributed by atoms with Gasteiger partial charge < -0.3 is 19.5 Å². The molecule has 0 spiro atoms. The number of methoxy groups -OCH3 is 1. The van der Waals surface area contributed by atoms with Gasteiger partial charge in [0.2, 0.25) is 11.6 Å². The third-order valence-corrected chi connectivity index (χ3v) is 8.99. The Morgan fingerprint density at radius 1 is 0.979 bits per heavy atom. The zero-order valence-electron chi connectivity index (χ0n) is 29.9. The van der Waals surface area contributed by atoms with Gasteiger partial charge in [-0.15, -0.1) is 9.73 Å². The fourth-order valence-corrected chi connectivity index (χ4v) is 5.55. The van der Waals surface area contributed by atoms with E-state index in [2.05, 4.69) is 43.2 Å². The van der Waals surface area contributed by atoms with Crippen LogP contribution < -0.4 is 14.8 Å². The Morgan fingerprint density at radius 3 is 2.31 bits per heavy atom. The largest absolute Gasteiger partial charge is 0.494 e. The van der Waals surface area contributed by atoms with Crippen molar-refractivity contribution in [3.8, 4) is 17.2 Å². The molecule has 4 aromatic rings. The number of ether oxygens (including phenoxy) is 3. The van der Waals surface area contributed by atoms with Gasteiger partial charge in [0, 0.05) is 23.9 Å². The predicted octanol–water partition coefficient (Wildman–Crippen LogP) is 8.58. The molecule has 1 amide bonds. The van der Waals surface area contributed by atoms with Gasteiger partial charge in [0.25, 0.3) is 0 Å². The van der Waals surface area contributed by atoms with Crippen LogP contribution in [0.2, 0.25) is 0 Å². The van der Waals surface area contributed by atoms with E-state index in [-0.39, 0.29) is 17.3 Å². The van der Waals surface area contributed by atoms with Crippen molar-refractivity contribution in [1.82, 2.24) is 19.8 Å². The van der Waals surface area contributed by atoms with Gasteiger partial charge in [-0.1, -0.05) is 58.7 Å². The van der Waals surface area contributed by atoms with Crippen LogP contribution in [0.25, 0.3) is 5.65 Å². The molecule has 2 aromatic heterocycles. The molecule has 48 heavy (non-hydrogen) atoms. The first-order valence-corrected chi connectivity index (χ1v) is 17.1. The van der Waals surface area contributed by atoms with Crippen LogP contribution >= 0.6 is 0 Å². The van der Waals surface area contributed by atoms with Gasteiger partial charge in [-0.25, -0.2) is 4.98 Å². The average Bonchev–Trinajstić information content (AvgIpc) is 3.61. The standard InChI is InChI=1S/C38H53N5O5/c1-9-38(7,36(45)46-8)24-23-26(2)12-10-14-32(44)39-28-17-21-29(22-18-28)47-25-11-13-31-40-35-33(48-30-19-15-27(3)16-20-30)34(37(4,5)6)42-43(35)41-31/h15-22,26,42H,9-14,23-25H2,1-8H3,(H,39,44). The number of esters is 1. The summed E-state index contributed by atoms with van der Waals surface area (Å²) in [5.74, 6) is 3.18. The molecule has 0 aliphatic carbocycles. The number of amides is 1. The van der Waals surface area contributed by atoms with E-state index in [1.54, 1.807) is 4.63 Å². The van der Waals surface area contributed by atoms with Crippen LogP contribution in [0.3, 0.4) is 0 Å². The van der Waals surface area contributed by atoms with Crippen molar-refractivity contribution in [2.24, 2.45) is 11.3 Å². The molecule has 0 fully saturated rings. The van der Waals surface area contributed by atoms with E-state index in [1.165, 1.54) is 12.7 Å². The van der Waals surface area contributed by atoms with Crippen LogP contribution in [0.1, 0.15) is 104 Å². The molecule has 0 bridgehead atoms. The second-order valence-electron chi connectivity index (χ2n) is 14.2. The van der Waals surface area contributed by atoms with Crippen LogP contribution in [-0.4, -0.2) is 45.4 Å². The lowest BCUT2D eigenvalue weighted by Crippen LogP contribution is -2.28. The summed E-state index contributed by atoms with van der Waals surface area (Å²) in [7, 11) is 1.45. The van der Waals surface area contributed by atoms with Crippen LogP contribution in [0.5, 0.6) is 17.2 Å². The number of H-pyrrole nitrogens is 1. The topological polar surface area (TPSA) is 120 Å². The monoisotopic (exact) mass is 659 g/mol. The Kier molecular flexibility index (Phi) is 12.3. The number of nitrogens with zero attached hydrogens (tertiary/aromatic N) is 3. The molecule has 2 unspecified atom stereocenters. The fourth-order valence-electron chi connectivity index (χ4n) is 5.55. The minimum Gasteiger partial charge on any atom is -0.494 e. The number of benzene rings is 2. The van der Waals surface area contributed by atoms with Crippen LogP contribution in [-0.2, 0) is 26.2 Å². The maximum Gasteiger partial charge on any atom is 0.311 e. The number of fused-ring (bicyclic) bond motifs is 1.